The summed E-state index contributed by atoms with van der Waals surface area (Å²) in [5.41, 5.74) is 5.19. The lowest BCUT2D eigenvalue weighted by atomic mass is 9.93. The molecule has 1 aromatic carbocycles. The second kappa shape index (κ2) is 5.48. The van der Waals surface area contributed by atoms with Crippen LogP contribution in [0.15, 0.2) is 12.1 Å². The molecule has 0 aliphatic heterocycles. The Morgan fingerprint density at radius 2 is 2.11 bits per heavy atom. The number of nitro benzene ring substituents is 1. The zero-order chi connectivity index (χ0) is 14.0. The van der Waals surface area contributed by atoms with Crippen LogP contribution < -0.4 is 10.5 Å². The van der Waals surface area contributed by atoms with E-state index in [1.54, 1.807) is 0 Å². The number of benzene rings is 1. The first kappa shape index (κ1) is 13.7. The summed E-state index contributed by atoms with van der Waals surface area (Å²) < 4.78 is 32.1. The van der Waals surface area contributed by atoms with E-state index in [0.717, 1.165) is 18.9 Å². The molecule has 1 fully saturated rings. The molecule has 2 unspecified atom stereocenters. The van der Waals surface area contributed by atoms with Crippen LogP contribution in [0, 0.1) is 21.7 Å². The Morgan fingerprint density at radius 3 is 2.74 bits per heavy atom. The zero-order valence-corrected chi connectivity index (χ0v) is 10.1. The van der Waals surface area contributed by atoms with Gasteiger partial charge in [0.2, 0.25) is 11.6 Å². The van der Waals surface area contributed by atoms with Crippen LogP contribution in [0.2, 0.25) is 0 Å². The average Bonchev–Trinajstić information content (AvgIpc) is 2.35. The van der Waals surface area contributed by atoms with Crippen LogP contribution in [0.5, 0.6) is 5.75 Å². The van der Waals surface area contributed by atoms with Crippen LogP contribution in [0.4, 0.5) is 14.5 Å². The molecule has 1 aromatic rings. The summed E-state index contributed by atoms with van der Waals surface area (Å²) in [6.07, 6.45) is 2.33. The molecule has 0 aromatic heterocycles. The van der Waals surface area contributed by atoms with Gasteiger partial charge in [-0.25, -0.2) is 4.39 Å². The van der Waals surface area contributed by atoms with Crippen LogP contribution >= 0.6 is 0 Å². The minimum absolute atomic E-state index is 0.0746. The highest BCUT2D eigenvalue weighted by Gasteiger charge is 2.28. The van der Waals surface area contributed by atoms with E-state index in [2.05, 4.69) is 0 Å². The first-order valence-electron chi connectivity index (χ1n) is 6.03. The summed E-state index contributed by atoms with van der Waals surface area (Å²) in [7, 11) is 0. The predicted molar refractivity (Wildman–Crippen MR) is 63.9 cm³/mol. The van der Waals surface area contributed by atoms with Crippen molar-refractivity contribution in [3.05, 3.63) is 33.9 Å². The van der Waals surface area contributed by atoms with Gasteiger partial charge >= 0.3 is 5.69 Å². The molecule has 0 bridgehead atoms. The summed E-state index contributed by atoms with van der Waals surface area (Å²) in [6.45, 7) is 0. The molecule has 2 rings (SSSR count). The highest BCUT2D eigenvalue weighted by molar-refractivity contribution is 5.47. The maximum atomic E-state index is 13.6. The second-order valence-corrected chi connectivity index (χ2v) is 4.63. The molecule has 1 saturated carbocycles. The molecule has 19 heavy (non-hydrogen) atoms. The Labute approximate surface area is 108 Å². The maximum absolute atomic E-state index is 13.6. The molecule has 7 heteroatoms. The number of nitrogens with two attached hydrogens (primary N) is 1. The van der Waals surface area contributed by atoms with Crippen molar-refractivity contribution >= 4 is 5.69 Å². The zero-order valence-electron chi connectivity index (χ0n) is 10.1. The maximum Gasteiger partial charge on any atom is 0.314 e. The molecule has 2 atom stereocenters. The lowest BCUT2D eigenvalue weighted by Gasteiger charge is -2.27. The van der Waals surface area contributed by atoms with Gasteiger partial charge in [0.05, 0.1) is 4.92 Å². The van der Waals surface area contributed by atoms with Crippen molar-refractivity contribution in [1.82, 2.24) is 0 Å². The summed E-state index contributed by atoms with van der Waals surface area (Å²) in [4.78, 5) is 10.0. The summed E-state index contributed by atoms with van der Waals surface area (Å²) >= 11 is 0. The van der Waals surface area contributed by atoms with Gasteiger partial charge in [-0.1, -0.05) is 0 Å². The first-order valence-corrected chi connectivity index (χ1v) is 6.03. The van der Waals surface area contributed by atoms with Crippen LogP contribution in [-0.4, -0.2) is 17.1 Å². The third kappa shape index (κ3) is 2.98. The van der Waals surface area contributed by atoms with Crippen molar-refractivity contribution in [2.75, 3.05) is 0 Å². The molecule has 0 spiro atoms. The Morgan fingerprint density at radius 1 is 1.37 bits per heavy atom. The number of nitrogens with zero attached hydrogens (tertiary/aromatic N) is 1. The Hall–Kier alpha value is -1.76. The van der Waals surface area contributed by atoms with E-state index in [1.165, 1.54) is 0 Å². The van der Waals surface area contributed by atoms with Crippen molar-refractivity contribution in [1.29, 1.82) is 0 Å². The minimum atomic E-state index is -1.33. The fourth-order valence-corrected chi connectivity index (χ4v) is 2.23. The number of halogens is 2. The standard InChI is InChI=1S/C12H14F2N2O3/c13-9-4-5-10(16(17)18)12(11(9)14)19-8-3-1-2-7(15)6-8/h4-5,7-8H,1-3,6,15H2. The number of rotatable bonds is 3. The van der Waals surface area contributed by atoms with Gasteiger partial charge in [-0.05, 0) is 31.7 Å². The van der Waals surface area contributed by atoms with E-state index < -0.39 is 34.1 Å². The van der Waals surface area contributed by atoms with Gasteiger partial charge in [-0.15, -0.1) is 0 Å². The topological polar surface area (TPSA) is 78.4 Å². The fraction of sp³-hybridized carbons (Fsp3) is 0.500. The van der Waals surface area contributed by atoms with E-state index in [1.807, 2.05) is 0 Å². The van der Waals surface area contributed by atoms with Crippen LogP contribution in [0.25, 0.3) is 0 Å². The van der Waals surface area contributed by atoms with Crippen molar-refractivity contribution in [2.24, 2.45) is 5.73 Å². The van der Waals surface area contributed by atoms with E-state index in [4.69, 9.17) is 10.5 Å². The summed E-state index contributed by atoms with van der Waals surface area (Å²) in [5, 5.41) is 10.8. The molecule has 0 radical (unpaired) electrons. The molecule has 104 valence electrons. The van der Waals surface area contributed by atoms with E-state index in [9.17, 15) is 18.9 Å². The van der Waals surface area contributed by atoms with Crippen LogP contribution in [0.1, 0.15) is 25.7 Å². The van der Waals surface area contributed by atoms with Crippen LogP contribution in [0.3, 0.4) is 0 Å². The number of hydrogen-bond donors (Lipinski definition) is 1. The largest absolute Gasteiger partial charge is 0.481 e. The van der Waals surface area contributed by atoms with Crippen molar-refractivity contribution in [3.63, 3.8) is 0 Å². The molecular weight excluding hydrogens is 258 g/mol. The highest BCUT2D eigenvalue weighted by Crippen LogP contribution is 2.34. The monoisotopic (exact) mass is 272 g/mol. The third-order valence-corrected chi connectivity index (χ3v) is 3.18. The van der Waals surface area contributed by atoms with E-state index >= 15 is 0 Å². The van der Waals surface area contributed by atoms with E-state index in [-0.39, 0.29) is 6.04 Å². The van der Waals surface area contributed by atoms with Crippen molar-refractivity contribution < 1.29 is 18.4 Å². The van der Waals surface area contributed by atoms with Gasteiger partial charge in [0, 0.05) is 12.1 Å². The molecule has 1 aliphatic rings. The SMILES string of the molecule is NC1CCCC(Oc2c([N+](=O)[O-])ccc(F)c2F)C1. The fourth-order valence-electron chi connectivity index (χ4n) is 2.23. The molecule has 1 aliphatic carbocycles. The number of nitro groups is 1. The molecular formula is C12H14F2N2O3. The second-order valence-electron chi connectivity index (χ2n) is 4.63. The van der Waals surface area contributed by atoms with Gasteiger partial charge in [0.15, 0.2) is 5.82 Å². The summed E-state index contributed by atoms with van der Waals surface area (Å²) in [5.74, 6) is -3.13. The number of ether oxygens (including phenoxy) is 1. The van der Waals surface area contributed by atoms with Gasteiger partial charge in [0.25, 0.3) is 0 Å². The van der Waals surface area contributed by atoms with Crippen molar-refractivity contribution in [3.8, 4) is 5.75 Å². The van der Waals surface area contributed by atoms with Crippen LogP contribution in [-0.2, 0) is 0 Å². The van der Waals surface area contributed by atoms with Gasteiger partial charge in [0.1, 0.15) is 6.10 Å². The minimum Gasteiger partial charge on any atom is -0.481 e. The lowest BCUT2D eigenvalue weighted by molar-refractivity contribution is -0.386. The van der Waals surface area contributed by atoms with Crippen molar-refractivity contribution in [2.45, 2.75) is 37.8 Å². The molecule has 5 nitrogen and oxygen atoms in total. The first-order chi connectivity index (χ1) is 8.99. The average molecular weight is 272 g/mol. The van der Waals surface area contributed by atoms with Gasteiger partial charge in [-0.2, -0.15) is 4.39 Å². The summed E-state index contributed by atoms with van der Waals surface area (Å²) in [6, 6.07) is 1.54. The Kier molecular flexibility index (Phi) is 3.94. The van der Waals surface area contributed by atoms with Gasteiger partial charge < -0.3 is 10.5 Å². The number of hydrogen-bond acceptors (Lipinski definition) is 4. The van der Waals surface area contributed by atoms with E-state index in [0.29, 0.717) is 18.9 Å². The molecule has 0 heterocycles. The normalized spacial score (nSPS) is 23.1. The Balaban J connectivity index is 2.27. The predicted octanol–water partition coefficient (Wildman–Crippen LogP) is 2.52. The molecule has 0 amide bonds. The quantitative estimate of drug-likeness (QED) is 0.677. The molecule has 2 N–H and O–H groups in total. The third-order valence-electron chi connectivity index (χ3n) is 3.18. The molecule has 0 saturated heterocycles. The lowest BCUT2D eigenvalue weighted by Crippen LogP contribution is -2.34. The Bertz CT molecular complexity index is 496. The highest BCUT2D eigenvalue weighted by atomic mass is 19.2. The van der Waals surface area contributed by atoms with Gasteiger partial charge in [-0.3, -0.25) is 10.1 Å². The smallest absolute Gasteiger partial charge is 0.314 e.